The highest BCUT2D eigenvalue weighted by molar-refractivity contribution is 7.15. The zero-order chi connectivity index (χ0) is 12.9. The Hall–Kier alpha value is -1.52. The number of aromatic amines is 1. The van der Waals surface area contributed by atoms with Crippen LogP contribution in [0.15, 0.2) is 18.2 Å². The molecule has 2 aromatic heterocycles. The quantitative estimate of drug-likeness (QED) is 0.657. The topological polar surface area (TPSA) is 54.7 Å². The van der Waals surface area contributed by atoms with Crippen LogP contribution in [0.3, 0.4) is 0 Å². The van der Waals surface area contributed by atoms with E-state index in [1.54, 1.807) is 17.4 Å². The standard InChI is InChI=1S/C13H12ClN3S/c1-6-3-11(18-7(6)2)13-16-10-5-8(14)4-9(15)12(10)17-13/h3-5H,15H2,1-2H3,(H,16,17). The van der Waals surface area contributed by atoms with Crippen molar-refractivity contribution >= 4 is 39.7 Å². The van der Waals surface area contributed by atoms with Gasteiger partial charge < -0.3 is 10.7 Å². The number of anilines is 1. The van der Waals surface area contributed by atoms with Gasteiger partial charge in [0.25, 0.3) is 0 Å². The van der Waals surface area contributed by atoms with Crippen LogP contribution in [0, 0.1) is 13.8 Å². The summed E-state index contributed by atoms with van der Waals surface area (Å²) in [6.45, 7) is 4.21. The predicted octanol–water partition coefficient (Wildman–Crippen LogP) is 4.14. The van der Waals surface area contributed by atoms with Crippen LogP contribution >= 0.6 is 22.9 Å². The van der Waals surface area contributed by atoms with Gasteiger partial charge in [-0.15, -0.1) is 11.3 Å². The lowest BCUT2D eigenvalue weighted by atomic mass is 10.3. The molecule has 3 rings (SSSR count). The van der Waals surface area contributed by atoms with Crippen molar-refractivity contribution in [1.29, 1.82) is 0 Å². The van der Waals surface area contributed by atoms with Gasteiger partial charge in [-0.3, -0.25) is 0 Å². The van der Waals surface area contributed by atoms with Gasteiger partial charge in [0, 0.05) is 9.90 Å². The van der Waals surface area contributed by atoms with Crippen molar-refractivity contribution in [2.24, 2.45) is 0 Å². The Balaban J connectivity index is 2.22. The number of nitrogen functional groups attached to an aromatic ring is 1. The predicted molar refractivity (Wildman–Crippen MR) is 78.3 cm³/mol. The molecule has 0 fully saturated rings. The van der Waals surface area contributed by atoms with Crippen LogP contribution in [0.5, 0.6) is 0 Å². The maximum atomic E-state index is 5.98. The molecule has 1 aromatic carbocycles. The number of rotatable bonds is 1. The second-order valence-corrected chi connectivity index (χ2v) is 6.02. The van der Waals surface area contributed by atoms with Crippen molar-refractivity contribution in [2.45, 2.75) is 13.8 Å². The molecule has 0 aliphatic carbocycles. The molecule has 0 aliphatic rings. The molecule has 0 saturated heterocycles. The number of nitrogens with two attached hydrogens (primary N) is 1. The molecule has 3 aromatic rings. The Morgan fingerprint density at radius 2 is 2.06 bits per heavy atom. The highest BCUT2D eigenvalue weighted by atomic mass is 35.5. The number of thiophene rings is 1. The van der Waals surface area contributed by atoms with Gasteiger partial charge in [0.05, 0.1) is 16.1 Å². The van der Waals surface area contributed by atoms with E-state index in [0.717, 1.165) is 21.7 Å². The third-order valence-corrected chi connectivity index (χ3v) is 4.36. The Labute approximate surface area is 114 Å². The van der Waals surface area contributed by atoms with Gasteiger partial charge in [0.15, 0.2) is 0 Å². The molecule has 0 amide bonds. The molecule has 0 atom stereocenters. The van der Waals surface area contributed by atoms with Crippen LogP contribution in [0.4, 0.5) is 5.69 Å². The van der Waals surface area contributed by atoms with Crippen molar-refractivity contribution in [1.82, 2.24) is 9.97 Å². The Kier molecular flexibility index (Phi) is 2.57. The normalized spacial score (nSPS) is 11.3. The average molecular weight is 278 g/mol. The number of hydrogen-bond acceptors (Lipinski definition) is 3. The van der Waals surface area contributed by atoms with Gasteiger partial charge in [0.1, 0.15) is 11.3 Å². The first-order chi connectivity index (χ1) is 8.54. The minimum Gasteiger partial charge on any atom is -0.397 e. The number of nitrogens with one attached hydrogen (secondary N) is 1. The Bertz CT molecular complexity index is 723. The first kappa shape index (κ1) is 11.6. The minimum atomic E-state index is 0.602. The van der Waals surface area contributed by atoms with Crippen molar-refractivity contribution < 1.29 is 0 Å². The summed E-state index contributed by atoms with van der Waals surface area (Å²) in [5.74, 6) is 0.847. The summed E-state index contributed by atoms with van der Waals surface area (Å²) in [6, 6.07) is 5.70. The summed E-state index contributed by atoms with van der Waals surface area (Å²) in [4.78, 5) is 10.2. The van der Waals surface area contributed by atoms with Gasteiger partial charge in [-0.25, -0.2) is 4.98 Å². The Morgan fingerprint density at radius 1 is 1.28 bits per heavy atom. The number of aryl methyl sites for hydroxylation is 2. The van der Waals surface area contributed by atoms with Crippen LogP contribution in [0.25, 0.3) is 21.7 Å². The van der Waals surface area contributed by atoms with Gasteiger partial charge in [-0.2, -0.15) is 0 Å². The lowest BCUT2D eigenvalue weighted by molar-refractivity contribution is 1.35. The fraction of sp³-hybridized carbons (Fsp3) is 0.154. The molecular formula is C13H12ClN3S. The first-order valence-corrected chi connectivity index (χ1v) is 6.76. The van der Waals surface area contributed by atoms with Gasteiger partial charge in [-0.05, 0) is 37.6 Å². The third-order valence-electron chi connectivity index (χ3n) is 2.98. The molecule has 0 unspecified atom stereocenters. The zero-order valence-corrected chi connectivity index (χ0v) is 11.6. The maximum absolute atomic E-state index is 5.98. The van der Waals surface area contributed by atoms with E-state index in [9.17, 15) is 0 Å². The molecule has 18 heavy (non-hydrogen) atoms. The maximum Gasteiger partial charge on any atom is 0.148 e. The highest BCUT2D eigenvalue weighted by Crippen LogP contribution is 2.32. The fourth-order valence-corrected chi connectivity index (χ4v) is 3.12. The lowest BCUT2D eigenvalue weighted by Gasteiger charge is -1.94. The fourth-order valence-electron chi connectivity index (χ4n) is 1.91. The lowest BCUT2D eigenvalue weighted by Crippen LogP contribution is -1.86. The average Bonchev–Trinajstić information content (AvgIpc) is 2.84. The number of nitrogens with zero attached hydrogens (tertiary/aromatic N) is 1. The summed E-state index contributed by atoms with van der Waals surface area (Å²) < 4.78 is 0. The molecule has 3 N–H and O–H groups in total. The molecule has 0 aliphatic heterocycles. The number of imidazole rings is 1. The summed E-state index contributed by atoms with van der Waals surface area (Å²) in [5.41, 5.74) is 9.45. The number of hydrogen-bond donors (Lipinski definition) is 2. The summed E-state index contributed by atoms with van der Waals surface area (Å²) in [7, 11) is 0. The second kappa shape index (κ2) is 4.00. The van der Waals surface area contributed by atoms with E-state index in [1.165, 1.54) is 10.4 Å². The van der Waals surface area contributed by atoms with E-state index in [-0.39, 0.29) is 0 Å². The highest BCUT2D eigenvalue weighted by Gasteiger charge is 2.11. The SMILES string of the molecule is Cc1cc(-c2nc3c(N)cc(Cl)cc3[nH]2)sc1C. The second-order valence-electron chi connectivity index (χ2n) is 4.33. The van der Waals surface area contributed by atoms with E-state index in [4.69, 9.17) is 17.3 Å². The van der Waals surface area contributed by atoms with Crippen LogP contribution < -0.4 is 5.73 Å². The van der Waals surface area contributed by atoms with Crippen molar-refractivity contribution in [3.8, 4) is 10.7 Å². The monoisotopic (exact) mass is 277 g/mol. The molecule has 0 saturated carbocycles. The van der Waals surface area contributed by atoms with Gasteiger partial charge in [0.2, 0.25) is 0 Å². The number of aromatic nitrogens is 2. The molecule has 5 heteroatoms. The molecule has 0 radical (unpaired) electrons. The molecular weight excluding hydrogens is 266 g/mol. The van der Waals surface area contributed by atoms with Crippen LogP contribution in [0.1, 0.15) is 10.4 Å². The summed E-state index contributed by atoms with van der Waals surface area (Å²) >= 11 is 7.71. The number of H-pyrrole nitrogens is 1. The van der Waals surface area contributed by atoms with Crippen LogP contribution in [-0.4, -0.2) is 9.97 Å². The zero-order valence-electron chi connectivity index (χ0n) is 10.0. The smallest absolute Gasteiger partial charge is 0.148 e. The van der Waals surface area contributed by atoms with E-state index >= 15 is 0 Å². The largest absolute Gasteiger partial charge is 0.397 e. The van der Waals surface area contributed by atoms with E-state index < -0.39 is 0 Å². The third kappa shape index (κ3) is 1.78. The summed E-state index contributed by atoms with van der Waals surface area (Å²) in [5, 5.41) is 0.619. The van der Waals surface area contributed by atoms with Crippen LogP contribution in [-0.2, 0) is 0 Å². The summed E-state index contributed by atoms with van der Waals surface area (Å²) in [6.07, 6.45) is 0. The van der Waals surface area contributed by atoms with Crippen LogP contribution in [0.2, 0.25) is 5.02 Å². The van der Waals surface area contributed by atoms with Crippen molar-refractivity contribution in [3.05, 3.63) is 33.7 Å². The van der Waals surface area contributed by atoms with E-state index in [2.05, 4.69) is 29.9 Å². The van der Waals surface area contributed by atoms with Crippen molar-refractivity contribution in [2.75, 3.05) is 5.73 Å². The molecule has 2 heterocycles. The molecule has 3 nitrogen and oxygen atoms in total. The first-order valence-electron chi connectivity index (χ1n) is 5.57. The minimum absolute atomic E-state index is 0.602. The molecule has 0 bridgehead atoms. The van der Waals surface area contributed by atoms with Gasteiger partial charge in [-0.1, -0.05) is 11.6 Å². The molecule has 0 spiro atoms. The Morgan fingerprint density at radius 3 is 2.72 bits per heavy atom. The van der Waals surface area contributed by atoms with Crippen molar-refractivity contribution in [3.63, 3.8) is 0 Å². The molecule has 92 valence electrons. The number of fused-ring (bicyclic) bond motifs is 1. The van der Waals surface area contributed by atoms with E-state index in [1.807, 2.05) is 6.07 Å². The van der Waals surface area contributed by atoms with E-state index in [0.29, 0.717) is 10.7 Å². The number of halogens is 1. The number of benzene rings is 1. The van der Waals surface area contributed by atoms with Gasteiger partial charge >= 0.3 is 0 Å².